The van der Waals surface area contributed by atoms with Gasteiger partial charge in [0.05, 0.1) is 4.90 Å². The molecule has 0 aromatic heterocycles. The van der Waals surface area contributed by atoms with Crippen LogP contribution in [0.2, 0.25) is 0 Å². The molecule has 146 valence electrons. The molecular formula is C19H24ClN3O3S. The van der Waals surface area contributed by atoms with Crippen molar-refractivity contribution in [2.45, 2.75) is 17.7 Å². The standard InChI is InChI=1S/C19H23N3O3S.ClH/c20-18-9-5-4-6-16(18)10-11-19(23)21-12-14-22(15-13-21)26(24,25)17-7-2-1-3-8-17;/h1-9H,10-15,20H2;1H. The van der Waals surface area contributed by atoms with Gasteiger partial charge in [0.15, 0.2) is 0 Å². The molecule has 2 N–H and O–H groups in total. The Kier molecular flexibility index (Phi) is 7.24. The maximum absolute atomic E-state index is 12.6. The minimum absolute atomic E-state index is 0. The summed E-state index contributed by atoms with van der Waals surface area (Å²) in [6.45, 7) is 1.46. The monoisotopic (exact) mass is 409 g/mol. The number of aryl methyl sites for hydroxylation is 1. The fourth-order valence-corrected chi connectivity index (χ4v) is 4.52. The summed E-state index contributed by atoms with van der Waals surface area (Å²) in [5, 5.41) is 0. The van der Waals surface area contributed by atoms with Gasteiger partial charge in [-0.25, -0.2) is 8.42 Å². The third-order valence-corrected chi connectivity index (χ3v) is 6.55. The van der Waals surface area contributed by atoms with Gasteiger partial charge in [0.2, 0.25) is 15.9 Å². The molecule has 0 spiro atoms. The summed E-state index contributed by atoms with van der Waals surface area (Å²) >= 11 is 0. The van der Waals surface area contributed by atoms with E-state index >= 15 is 0 Å². The minimum atomic E-state index is -3.49. The molecule has 0 aliphatic carbocycles. The van der Waals surface area contributed by atoms with E-state index in [1.807, 2.05) is 24.3 Å². The Morgan fingerprint density at radius 2 is 1.52 bits per heavy atom. The zero-order valence-electron chi connectivity index (χ0n) is 15.0. The Balaban J connectivity index is 0.00000261. The lowest BCUT2D eigenvalue weighted by Crippen LogP contribution is -2.50. The van der Waals surface area contributed by atoms with Crippen LogP contribution in [0.5, 0.6) is 0 Å². The number of carbonyl (C=O) groups excluding carboxylic acids is 1. The van der Waals surface area contributed by atoms with Crippen LogP contribution in [-0.4, -0.2) is 49.7 Å². The van der Waals surface area contributed by atoms with Crippen molar-refractivity contribution in [2.75, 3.05) is 31.9 Å². The van der Waals surface area contributed by atoms with Crippen molar-refractivity contribution in [1.82, 2.24) is 9.21 Å². The van der Waals surface area contributed by atoms with Crippen molar-refractivity contribution in [2.24, 2.45) is 0 Å². The number of nitrogens with two attached hydrogens (primary N) is 1. The number of halogens is 1. The van der Waals surface area contributed by atoms with Gasteiger partial charge in [-0.15, -0.1) is 12.4 Å². The highest BCUT2D eigenvalue weighted by molar-refractivity contribution is 7.89. The average molecular weight is 410 g/mol. The van der Waals surface area contributed by atoms with Gasteiger partial charge in [-0.2, -0.15) is 4.31 Å². The Bertz CT molecular complexity index is 867. The molecule has 0 radical (unpaired) electrons. The number of amides is 1. The fourth-order valence-electron chi connectivity index (χ4n) is 3.08. The van der Waals surface area contributed by atoms with E-state index < -0.39 is 10.0 Å². The first kappa shape index (κ1) is 21.2. The number of para-hydroxylation sites is 1. The second kappa shape index (κ2) is 9.21. The first-order chi connectivity index (χ1) is 12.5. The number of piperazine rings is 1. The van der Waals surface area contributed by atoms with Crippen LogP contribution >= 0.6 is 12.4 Å². The van der Waals surface area contributed by atoms with Crippen molar-refractivity contribution in [3.8, 4) is 0 Å². The van der Waals surface area contributed by atoms with Gasteiger partial charge < -0.3 is 10.6 Å². The number of hydrogen-bond donors (Lipinski definition) is 1. The van der Waals surface area contributed by atoms with Crippen LogP contribution < -0.4 is 5.73 Å². The topological polar surface area (TPSA) is 83.7 Å². The molecule has 0 unspecified atom stereocenters. The van der Waals surface area contributed by atoms with Crippen molar-refractivity contribution in [3.05, 3.63) is 60.2 Å². The average Bonchev–Trinajstić information content (AvgIpc) is 2.68. The molecule has 1 saturated heterocycles. The number of sulfonamides is 1. The Hall–Kier alpha value is -2.09. The lowest BCUT2D eigenvalue weighted by atomic mass is 10.1. The molecule has 0 bridgehead atoms. The Morgan fingerprint density at radius 1 is 0.926 bits per heavy atom. The molecule has 0 saturated carbocycles. The van der Waals surface area contributed by atoms with Gasteiger partial charge in [0.1, 0.15) is 0 Å². The van der Waals surface area contributed by atoms with E-state index in [4.69, 9.17) is 5.73 Å². The number of anilines is 1. The first-order valence-electron chi connectivity index (χ1n) is 8.65. The molecule has 27 heavy (non-hydrogen) atoms. The van der Waals surface area contributed by atoms with Crippen LogP contribution in [0, 0.1) is 0 Å². The molecule has 3 rings (SSSR count). The van der Waals surface area contributed by atoms with E-state index in [-0.39, 0.29) is 18.3 Å². The molecule has 1 heterocycles. The van der Waals surface area contributed by atoms with Crippen molar-refractivity contribution < 1.29 is 13.2 Å². The maximum Gasteiger partial charge on any atom is 0.243 e. The Morgan fingerprint density at radius 3 is 2.15 bits per heavy atom. The lowest BCUT2D eigenvalue weighted by molar-refractivity contribution is -0.132. The summed E-state index contributed by atoms with van der Waals surface area (Å²) in [5.74, 6) is 0.0324. The second-order valence-electron chi connectivity index (χ2n) is 6.30. The van der Waals surface area contributed by atoms with Crippen LogP contribution in [0.3, 0.4) is 0 Å². The van der Waals surface area contributed by atoms with E-state index in [0.717, 1.165) is 5.56 Å². The molecule has 1 aliphatic rings. The van der Waals surface area contributed by atoms with Gasteiger partial charge in [-0.05, 0) is 30.2 Å². The fraction of sp³-hybridized carbons (Fsp3) is 0.316. The summed E-state index contributed by atoms with van der Waals surface area (Å²) in [6, 6.07) is 15.9. The summed E-state index contributed by atoms with van der Waals surface area (Å²) in [7, 11) is -3.49. The zero-order valence-corrected chi connectivity index (χ0v) is 16.6. The highest BCUT2D eigenvalue weighted by Gasteiger charge is 2.29. The van der Waals surface area contributed by atoms with Crippen LogP contribution in [0.25, 0.3) is 0 Å². The van der Waals surface area contributed by atoms with E-state index in [1.54, 1.807) is 35.2 Å². The first-order valence-corrected chi connectivity index (χ1v) is 10.1. The molecule has 1 amide bonds. The summed E-state index contributed by atoms with van der Waals surface area (Å²) in [6.07, 6.45) is 0.966. The van der Waals surface area contributed by atoms with Crippen LogP contribution in [-0.2, 0) is 21.2 Å². The highest BCUT2D eigenvalue weighted by atomic mass is 35.5. The van der Waals surface area contributed by atoms with Crippen molar-refractivity contribution >= 4 is 34.0 Å². The highest BCUT2D eigenvalue weighted by Crippen LogP contribution is 2.18. The molecule has 2 aromatic rings. The van der Waals surface area contributed by atoms with Gasteiger partial charge in [-0.3, -0.25) is 4.79 Å². The maximum atomic E-state index is 12.6. The van der Waals surface area contributed by atoms with Crippen molar-refractivity contribution in [1.29, 1.82) is 0 Å². The summed E-state index contributed by atoms with van der Waals surface area (Å²) < 4.78 is 26.7. The van der Waals surface area contributed by atoms with E-state index in [1.165, 1.54) is 4.31 Å². The smallest absolute Gasteiger partial charge is 0.243 e. The molecule has 8 heteroatoms. The number of rotatable bonds is 5. The number of nitrogen functional groups attached to an aromatic ring is 1. The molecule has 2 aromatic carbocycles. The molecule has 1 aliphatic heterocycles. The SMILES string of the molecule is Cl.Nc1ccccc1CCC(=O)N1CCN(S(=O)(=O)c2ccccc2)CC1. The third-order valence-electron chi connectivity index (χ3n) is 4.64. The molecule has 6 nitrogen and oxygen atoms in total. The Labute approximate surface area is 166 Å². The van der Waals surface area contributed by atoms with E-state index in [9.17, 15) is 13.2 Å². The zero-order chi connectivity index (χ0) is 18.6. The van der Waals surface area contributed by atoms with Gasteiger partial charge in [0.25, 0.3) is 0 Å². The number of hydrogen-bond acceptors (Lipinski definition) is 4. The minimum Gasteiger partial charge on any atom is -0.399 e. The quantitative estimate of drug-likeness (QED) is 0.767. The normalized spacial score (nSPS) is 15.2. The third kappa shape index (κ3) is 5.00. The van der Waals surface area contributed by atoms with Crippen LogP contribution in [0.15, 0.2) is 59.5 Å². The lowest BCUT2D eigenvalue weighted by Gasteiger charge is -2.34. The van der Waals surface area contributed by atoms with Gasteiger partial charge in [-0.1, -0.05) is 36.4 Å². The number of benzene rings is 2. The second-order valence-corrected chi connectivity index (χ2v) is 8.23. The predicted octanol–water partition coefficient (Wildman–Crippen LogP) is 2.16. The summed E-state index contributed by atoms with van der Waals surface area (Å²) in [5.41, 5.74) is 7.57. The van der Waals surface area contributed by atoms with E-state index in [0.29, 0.717) is 49.6 Å². The van der Waals surface area contributed by atoms with Crippen LogP contribution in [0.4, 0.5) is 5.69 Å². The molecule has 1 fully saturated rings. The predicted molar refractivity (Wildman–Crippen MR) is 108 cm³/mol. The molecular weight excluding hydrogens is 386 g/mol. The van der Waals surface area contributed by atoms with Gasteiger partial charge >= 0.3 is 0 Å². The summed E-state index contributed by atoms with van der Waals surface area (Å²) in [4.78, 5) is 14.4. The number of carbonyl (C=O) groups is 1. The number of nitrogens with zero attached hydrogens (tertiary/aromatic N) is 2. The van der Waals surface area contributed by atoms with E-state index in [2.05, 4.69) is 0 Å². The molecule has 0 atom stereocenters. The van der Waals surface area contributed by atoms with Gasteiger partial charge in [0, 0.05) is 38.3 Å². The largest absolute Gasteiger partial charge is 0.399 e. The van der Waals surface area contributed by atoms with Crippen LogP contribution in [0.1, 0.15) is 12.0 Å². The van der Waals surface area contributed by atoms with Crippen molar-refractivity contribution in [3.63, 3.8) is 0 Å².